The van der Waals surface area contributed by atoms with Crippen LogP contribution in [0.2, 0.25) is 0 Å². The number of amides is 3. The fourth-order valence-electron chi connectivity index (χ4n) is 1.23. The molecule has 0 saturated carbocycles. The van der Waals surface area contributed by atoms with Crippen LogP contribution in [0.15, 0.2) is 17.4 Å². The number of carbonyl (C=O) groups is 2. The average molecular weight is 336 g/mol. The number of imide groups is 1. The van der Waals surface area contributed by atoms with Gasteiger partial charge in [-0.15, -0.1) is 0 Å². The number of urea groups is 1. The van der Waals surface area contributed by atoms with Gasteiger partial charge in [0.1, 0.15) is 5.69 Å². The molecule has 0 radical (unpaired) electrons. The number of nitrogens with zero attached hydrogens (tertiary/aromatic N) is 2. The summed E-state index contributed by atoms with van der Waals surface area (Å²) >= 11 is 0.705. The maximum absolute atomic E-state index is 12.5. The highest BCUT2D eigenvalue weighted by molar-refractivity contribution is 7.99. The van der Waals surface area contributed by atoms with E-state index in [-0.39, 0.29) is 10.9 Å². The minimum Gasteiger partial charge on any atom is -0.333 e. The molecule has 0 aliphatic carbocycles. The standard InChI is InChI=1S/C12H15F3N4O2S/c1-11(2,3)19-9(21)18-8(20)6-22-10-16-5-4-7(17-10)12(13,14)15/h4-5H,6H2,1-3H3,(H2,18,19,20,21). The Morgan fingerprint density at radius 1 is 1.27 bits per heavy atom. The first-order valence-corrected chi connectivity index (χ1v) is 7.11. The lowest BCUT2D eigenvalue weighted by Gasteiger charge is -2.20. The zero-order chi connectivity index (χ0) is 17.0. The molecule has 22 heavy (non-hydrogen) atoms. The van der Waals surface area contributed by atoms with Crippen molar-refractivity contribution in [3.63, 3.8) is 0 Å². The lowest BCUT2D eigenvalue weighted by atomic mass is 10.1. The van der Waals surface area contributed by atoms with E-state index < -0.39 is 29.3 Å². The molecule has 1 heterocycles. The highest BCUT2D eigenvalue weighted by Gasteiger charge is 2.32. The number of thioether (sulfide) groups is 1. The van der Waals surface area contributed by atoms with Crippen LogP contribution in [0.5, 0.6) is 0 Å². The molecule has 10 heteroatoms. The largest absolute Gasteiger partial charge is 0.433 e. The third-order valence-corrected chi connectivity index (χ3v) is 2.86. The topological polar surface area (TPSA) is 84.0 Å². The van der Waals surface area contributed by atoms with Gasteiger partial charge in [0.2, 0.25) is 5.91 Å². The molecule has 3 amide bonds. The van der Waals surface area contributed by atoms with Gasteiger partial charge in [-0.05, 0) is 26.8 Å². The maximum atomic E-state index is 12.5. The third-order valence-electron chi connectivity index (χ3n) is 2.00. The normalized spacial score (nSPS) is 11.9. The van der Waals surface area contributed by atoms with Crippen molar-refractivity contribution in [3.8, 4) is 0 Å². The minimum absolute atomic E-state index is 0.193. The van der Waals surface area contributed by atoms with Gasteiger partial charge >= 0.3 is 12.2 Å². The van der Waals surface area contributed by atoms with Crippen molar-refractivity contribution in [2.75, 3.05) is 5.75 Å². The van der Waals surface area contributed by atoms with Gasteiger partial charge in [-0.1, -0.05) is 11.8 Å². The molecule has 0 unspecified atom stereocenters. The second-order valence-corrected chi connectivity index (χ2v) is 6.21. The molecule has 1 rings (SSSR count). The Bertz CT molecular complexity index is 558. The summed E-state index contributed by atoms with van der Waals surface area (Å²) < 4.78 is 37.4. The van der Waals surface area contributed by atoms with Crippen molar-refractivity contribution in [2.45, 2.75) is 37.6 Å². The Labute approximate surface area is 129 Å². The molecule has 1 aromatic heterocycles. The molecular formula is C12H15F3N4O2S. The van der Waals surface area contributed by atoms with Gasteiger partial charge in [-0.3, -0.25) is 10.1 Å². The smallest absolute Gasteiger partial charge is 0.333 e. The Morgan fingerprint density at radius 3 is 2.45 bits per heavy atom. The number of rotatable bonds is 3. The van der Waals surface area contributed by atoms with E-state index in [2.05, 4.69) is 20.6 Å². The monoisotopic (exact) mass is 336 g/mol. The van der Waals surface area contributed by atoms with Crippen LogP contribution in [0.4, 0.5) is 18.0 Å². The summed E-state index contributed by atoms with van der Waals surface area (Å²) in [5.74, 6) is -0.938. The van der Waals surface area contributed by atoms with E-state index in [0.29, 0.717) is 11.8 Å². The zero-order valence-electron chi connectivity index (χ0n) is 12.1. The van der Waals surface area contributed by atoms with E-state index >= 15 is 0 Å². The molecule has 0 aliphatic rings. The number of halogens is 3. The van der Waals surface area contributed by atoms with E-state index in [0.717, 1.165) is 12.3 Å². The first-order valence-electron chi connectivity index (χ1n) is 6.12. The average Bonchev–Trinajstić information content (AvgIpc) is 2.33. The highest BCUT2D eigenvalue weighted by atomic mass is 32.2. The summed E-state index contributed by atoms with van der Waals surface area (Å²) in [5, 5.41) is 4.39. The van der Waals surface area contributed by atoms with E-state index in [4.69, 9.17) is 0 Å². The fourth-order valence-corrected chi connectivity index (χ4v) is 1.86. The molecule has 0 bridgehead atoms. The predicted octanol–water partition coefficient (Wildman–Crippen LogP) is 2.21. The van der Waals surface area contributed by atoms with E-state index in [1.54, 1.807) is 20.8 Å². The van der Waals surface area contributed by atoms with Crippen molar-refractivity contribution >= 4 is 23.7 Å². The van der Waals surface area contributed by atoms with Gasteiger partial charge in [0.25, 0.3) is 0 Å². The lowest BCUT2D eigenvalue weighted by Crippen LogP contribution is -2.48. The van der Waals surface area contributed by atoms with Gasteiger partial charge in [0, 0.05) is 11.7 Å². The first-order chi connectivity index (χ1) is 9.97. The van der Waals surface area contributed by atoms with Crippen LogP contribution < -0.4 is 10.6 Å². The van der Waals surface area contributed by atoms with Crippen LogP contribution in [0.3, 0.4) is 0 Å². The van der Waals surface area contributed by atoms with Crippen molar-refractivity contribution in [3.05, 3.63) is 18.0 Å². The first kappa shape index (κ1) is 18.2. The third kappa shape index (κ3) is 6.74. The van der Waals surface area contributed by atoms with E-state index in [1.165, 1.54) is 0 Å². The summed E-state index contributed by atoms with van der Waals surface area (Å²) in [4.78, 5) is 29.9. The predicted molar refractivity (Wildman–Crippen MR) is 74.2 cm³/mol. The molecule has 0 aliphatic heterocycles. The number of nitrogens with one attached hydrogen (secondary N) is 2. The molecule has 1 aromatic rings. The summed E-state index contributed by atoms with van der Waals surface area (Å²) in [5.41, 5.74) is -1.60. The van der Waals surface area contributed by atoms with Crippen LogP contribution >= 0.6 is 11.8 Å². The Balaban J connectivity index is 2.53. The van der Waals surface area contributed by atoms with Crippen molar-refractivity contribution in [1.82, 2.24) is 20.6 Å². The van der Waals surface area contributed by atoms with Crippen LogP contribution in [-0.2, 0) is 11.0 Å². The molecule has 0 fully saturated rings. The molecule has 0 spiro atoms. The Morgan fingerprint density at radius 2 is 1.91 bits per heavy atom. The van der Waals surface area contributed by atoms with E-state index in [9.17, 15) is 22.8 Å². The van der Waals surface area contributed by atoms with Crippen molar-refractivity contribution < 1.29 is 22.8 Å². The number of aromatic nitrogens is 2. The Hall–Kier alpha value is -1.84. The summed E-state index contributed by atoms with van der Waals surface area (Å²) in [7, 11) is 0. The summed E-state index contributed by atoms with van der Waals surface area (Å²) in [6, 6.07) is 0.0593. The molecule has 0 atom stereocenters. The van der Waals surface area contributed by atoms with Gasteiger partial charge in [0.05, 0.1) is 5.75 Å². The van der Waals surface area contributed by atoms with Gasteiger partial charge < -0.3 is 5.32 Å². The van der Waals surface area contributed by atoms with Crippen LogP contribution in [0.25, 0.3) is 0 Å². The molecular weight excluding hydrogens is 321 g/mol. The number of hydrogen-bond donors (Lipinski definition) is 2. The second kappa shape index (κ2) is 6.95. The second-order valence-electron chi connectivity index (χ2n) is 5.26. The number of carbonyl (C=O) groups excluding carboxylic acids is 2. The molecule has 0 saturated heterocycles. The minimum atomic E-state index is -4.58. The van der Waals surface area contributed by atoms with Gasteiger partial charge in [-0.2, -0.15) is 13.2 Å². The lowest BCUT2D eigenvalue weighted by molar-refractivity contribution is -0.141. The van der Waals surface area contributed by atoms with Crippen molar-refractivity contribution in [2.24, 2.45) is 0 Å². The molecule has 0 aromatic carbocycles. The maximum Gasteiger partial charge on any atom is 0.433 e. The molecule has 2 N–H and O–H groups in total. The molecule has 6 nitrogen and oxygen atoms in total. The van der Waals surface area contributed by atoms with E-state index in [1.807, 2.05) is 0 Å². The highest BCUT2D eigenvalue weighted by Crippen LogP contribution is 2.28. The van der Waals surface area contributed by atoms with Gasteiger partial charge in [-0.25, -0.2) is 14.8 Å². The number of hydrogen-bond acceptors (Lipinski definition) is 5. The Kier molecular flexibility index (Phi) is 5.75. The van der Waals surface area contributed by atoms with Gasteiger partial charge in [0.15, 0.2) is 5.16 Å². The summed E-state index contributed by atoms with van der Waals surface area (Å²) in [6.45, 7) is 5.22. The van der Waals surface area contributed by atoms with Crippen LogP contribution in [0.1, 0.15) is 26.5 Å². The number of alkyl halides is 3. The fraction of sp³-hybridized carbons (Fsp3) is 0.500. The molecule has 122 valence electrons. The quantitative estimate of drug-likeness (QED) is 0.653. The van der Waals surface area contributed by atoms with Crippen LogP contribution in [0, 0.1) is 0 Å². The van der Waals surface area contributed by atoms with Crippen LogP contribution in [-0.4, -0.2) is 33.2 Å². The SMILES string of the molecule is CC(C)(C)NC(=O)NC(=O)CSc1nccc(C(F)(F)F)n1. The zero-order valence-corrected chi connectivity index (χ0v) is 12.9. The summed E-state index contributed by atoms with van der Waals surface area (Å²) in [6.07, 6.45) is -3.62. The van der Waals surface area contributed by atoms with Crippen molar-refractivity contribution in [1.29, 1.82) is 0 Å².